The zero-order valence-corrected chi connectivity index (χ0v) is 31.8. The first-order chi connectivity index (χ1) is 23.8. The molecule has 270 valence electrons. The number of hydrogen-bond donors (Lipinski definition) is 2. The maximum Gasteiger partial charge on any atom is 0.228 e. The number of aryl methyl sites for hydroxylation is 1. The summed E-state index contributed by atoms with van der Waals surface area (Å²) >= 11 is 8.21. The van der Waals surface area contributed by atoms with Gasteiger partial charge in [-0.05, 0) is 142 Å². The number of carbonyl (C=O) groups excluding carboxylic acids is 2. The molecular formula is C41H61ClN4O2S. The molecule has 0 spiro atoms. The number of benzene rings is 1. The Bertz CT molecular complexity index is 1390. The molecule has 2 aromatic rings. The highest BCUT2D eigenvalue weighted by molar-refractivity contribution is 7.14. The minimum absolute atomic E-state index is 0.00200. The second kappa shape index (κ2) is 17.4. The maximum absolute atomic E-state index is 14.1. The van der Waals surface area contributed by atoms with E-state index in [0.717, 1.165) is 104 Å². The van der Waals surface area contributed by atoms with Gasteiger partial charge in [0, 0.05) is 24.9 Å². The van der Waals surface area contributed by atoms with Crippen LogP contribution in [0.2, 0.25) is 5.02 Å². The quantitative estimate of drug-likeness (QED) is 0.161. The van der Waals surface area contributed by atoms with Crippen molar-refractivity contribution in [1.29, 1.82) is 0 Å². The summed E-state index contributed by atoms with van der Waals surface area (Å²) in [5, 5.41) is 6.89. The normalized spacial score (nSPS) is 24.8. The fourth-order valence-electron chi connectivity index (χ4n) is 9.58. The average molecular weight is 709 g/mol. The van der Waals surface area contributed by atoms with Gasteiger partial charge in [-0.2, -0.15) is 0 Å². The molecule has 1 aromatic carbocycles. The number of carbonyl (C=O) groups is 2. The van der Waals surface area contributed by atoms with Crippen LogP contribution in [0.5, 0.6) is 0 Å². The molecule has 1 aliphatic carbocycles. The first-order valence-corrected chi connectivity index (χ1v) is 20.9. The standard InChI is InChI=1S/C41H61ClN4O2S/c1-3-31-24-30(26-37(42)38(31)43)25-36(41(48)46-21-16-33(17-22-46)32-14-19-45(2)20-15-32)7-5-4-6-28-8-10-29(11-9-28)12-13-34-27-35-18-23-49-40(35)44-39(34)47/h18,23-24,26,28-29,32-34,36H,3-17,19-22,25,27,43H2,1-2H3,(H,44,47)/t28?,29?,34?,36-/m1/s1. The first kappa shape index (κ1) is 36.7. The topological polar surface area (TPSA) is 78.7 Å². The number of nitrogens with zero attached hydrogens (tertiary/aromatic N) is 2. The summed E-state index contributed by atoms with van der Waals surface area (Å²) in [5.74, 6) is 3.89. The summed E-state index contributed by atoms with van der Waals surface area (Å²) in [7, 11) is 2.24. The van der Waals surface area contributed by atoms with Crippen LogP contribution in [0.15, 0.2) is 23.6 Å². The molecule has 2 saturated heterocycles. The summed E-state index contributed by atoms with van der Waals surface area (Å²) in [4.78, 5) is 31.4. The number of nitrogens with two attached hydrogens (primary N) is 1. The summed E-state index contributed by atoms with van der Waals surface area (Å²) in [6, 6.07) is 6.36. The number of rotatable bonds is 13. The summed E-state index contributed by atoms with van der Waals surface area (Å²) < 4.78 is 0. The highest BCUT2D eigenvalue weighted by Gasteiger charge is 2.33. The molecule has 1 saturated carbocycles. The minimum atomic E-state index is 0.00200. The van der Waals surface area contributed by atoms with Gasteiger partial charge in [0.2, 0.25) is 11.8 Å². The SMILES string of the molecule is CCc1cc(C[C@@H](CCCCC2CCC(CCC3Cc4ccsc4NC3=O)CC2)C(=O)N2CCC(C3CCN(C)CC3)CC2)cc(Cl)c1N. The van der Waals surface area contributed by atoms with Crippen molar-refractivity contribution < 1.29 is 9.59 Å². The molecule has 2 amide bonds. The lowest BCUT2D eigenvalue weighted by atomic mass is 9.76. The van der Waals surface area contributed by atoms with Gasteiger partial charge in [0.05, 0.1) is 15.7 Å². The summed E-state index contributed by atoms with van der Waals surface area (Å²) in [5.41, 5.74) is 10.5. The molecule has 49 heavy (non-hydrogen) atoms. The number of unbranched alkanes of at least 4 members (excludes halogenated alkanes) is 1. The second-order valence-corrected chi connectivity index (χ2v) is 17.4. The fraction of sp³-hybridized carbons (Fsp3) is 0.707. The van der Waals surface area contributed by atoms with Crippen LogP contribution in [0.3, 0.4) is 0 Å². The molecule has 1 unspecified atom stereocenters. The number of amides is 2. The molecule has 3 aliphatic heterocycles. The zero-order valence-electron chi connectivity index (χ0n) is 30.2. The molecule has 2 atom stereocenters. The Morgan fingerprint density at radius 1 is 0.959 bits per heavy atom. The number of anilines is 2. The summed E-state index contributed by atoms with van der Waals surface area (Å²) in [6.45, 7) is 6.38. The first-order valence-electron chi connectivity index (χ1n) is 19.7. The van der Waals surface area contributed by atoms with E-state index in [1.807, 2.05) is 6.07 Å². The zero-order chi connectivity index (χ0) is 34.3. The van der Waals surface area contributed by atoms with Crippen LogP contribution in [-0.2, 0) is 28.9 Å². The highest BCUT2D eigenvalue weighted by atomic mass is 35.5. The molecule has 6 nitrogen and oxygen atoms in total. The molecule has 3 N–H and O–H groups in total. The second-order valence-electron chi connectivity index (χ2n) is 16.1. The van der Waals surface area contributed by atoms with E-state index in [1.54, 1.807) is 11.3 Å². The molecule has 4 aliphatic rings. The third-order valence-electron chi connectivity index (χ3n) is 12.9. The lowest BCUT2D eigenvalue weighted by Gasteiger charge is -2.40. The van der Waals surface area contributed by atoms with Gasteiger partial charge in [-0.15, -0.1) is 11.3 Å². The van der Waals surface area contributed by atoms with Gasteiger partial charge in [-0.1, -0.05) is 69.5 Å². The van der Waals surface area contributed by atoms with Gasteiger partial charge in [-0.3, -0.25) is 9.59 Å². The monoisotopic (exact) mass is 708 g/mol. The maximum atomic E-state index is 14.1. The van der Waals surface area contributed by atoms with Crippen molar-refractivity contribution >= 4 is 45.4 Å². The Hall–Kier alpha value is -2.09. The fourth-order valence-corrected chi connectivity index (χ4v) is 10.7. The van der Waals surface area contributed by atoms with Crippen LogP contribution < -0.4 is 11.1 Å². The van der Waals surface area contributed by atoms with Crippen LogP contribution in [0, 0.1) is 35.5 Å². The Kier molecular flexibility index (Phi) is 13.0. The molecule has 8 heteroatoms. The van der Waals surface area contributed by atoms with Crippen LogP contribution in [-0.4, -0.2) is 54.8 Å². The van der Waals surface area contributed by atoms with Gasteiger partial charge in [0.25, 0.3) is 0 Å². The lowest BCUT2D eigenvalue weighted by molar-refractivity contribution is -0.137. The number of halogens is 1. The highest BCUT2D eigenvalue weighted by Crippen LogP contribution is 2.38. The Balaban J connectivity index is 0.963. The van der Waals surface area contributed by atoms with Crippen LogP contribution in [0.25, 0.3) is 0 Å². The number of thiophene rings is 1. The van der Waals surface area contributed by atoms with Crippen molar-refractivity contribution in [3.05, 3.63) is 45.3 Å². The number of hydrogen-bond acceptors (Lipinski definition) is 5. The molecular weight excluding hydrogens is 648 g/mol. The Morgan fingerprint density at radius 3 is 2.33 bits per heavy atom. The van der Waals surface area contributed by atoms with E-state index in [4.69, 9.17) is 17.3 Å². The van der Waals surface area contributed by atoms with Crippen molar-refractivity contribution in [2.24, 2.45) is 35.5 Å². The van der Waals surface area contributed by atoms with Crippen LogP contribution in [0.4, 0.5) is 10.7 Å². The smallest absolute Gasteiger partial charge is 0.228 e. The third kappa shape index (κ3) is 9.62. The molecule has 4 heterocycles. The Morgan fingerprint density at radius 2 is 1.63 bits per heavy atom. The number of likely N-dealkylation sites (tertiary alicyclic amines) is 2. The van der Waals surface area contributed by atoms with Crippen LogP contribution in [0.1, 0.15) is 114 Å². The minimum Gasteiger partial charge on any atom is -0.397 e. The number of nitrogen functional groups attached to an aromatic ring is 1. The van der Waals surface area contributed by atoms with E-state index in [0.29, 0.717) is 16.6 Å². The van der Waals surface area contributed by atoms with Crippen molar-refractivity contribution in [3.8, 4) is 0 Å². The van der Waals surface area contributed by atoms with Gasteiger partial charge in [0.1, 0.15) is 0 Å². The average Bonchev–Trinajstić information content (AvgIpc) is 3.57. The van der Waals surface area contributed by atoms with Gasteiger partial charge in [-0.25, -0.2) is 0 Å². The lowest BCUT2D eigenvalue weighted by Crippen LogP contribution is -2.44. The molecule has 0 radical (unpaired) electrons. The third-order valence-corrected chi connectivity index (χ3v) is 14.1. The number of piperidine rings is 2. The Labute approximate surface area is 304 Å². The van der Waals surface area contributed by atoms with E-state index < -0.39 is 0 Å². The molecule has 0 bridgehead atoms. The van der Waals surface area contributed by atoms with E-state index in [1.165, 1.54) is 76.4 Å². The number of fused-ring (bicyclic) bond motifs is 1. The van der Waals surface area contributed by atoms with Crippen LogP contribution >= 0.6 is 22.9 Å². The van der Waals surface area contributed by atoms with E-state index >= 15 is 0 Å². The van der Waals surface area contributed by atoms with Crippen molar-refractivity contribution in [1.82, 2.24) is 9.80 Å². The van der Waals surface area contributed by atoms with E-state index in [-0.39, 0.29) is 17.7 Å². The van der Waals surface area contributed by atoms with Crippen molar-refractivity contribution in [2.45, 2.75) is 116 Å². The predicted octanol–water partition coefficient (Wildman–Crippen LogP) is 9.24. The van der Waals surface area contributed by atoms with Gasteiger partial charge in [0.15, 0.2) is 0 Å². The molecule has 3 fully saturated rings. The van der Waals surface area contributed by atoms with E-state index in [2.05, 4.69) is 46.6 Å². The van der Waals surface area contributed by atoms with Gasteiger partial charge >= 0.3 is 0 Å². The largest absolute Gasteiger partial charge is 0.397 e. The number of nitrogens with one attached hydrogen (secondary N) is 1. The molecule has 6 rings (SSSR count). The van der Waals surface area contributed by atoms with Crippen molar-refractivity contribution in [3.63, 3.8) is 0 Å². The van der Waals surface area contributed by atoms with E-state index in [9.17, 15) is 9.59 Å². The summed E-state index contributed by atoms with van der Waals surface area (Å²) in [6.07, 6.45) is 19.4. The molecule has 1 aromatic heterocycles. The predicted molar refractivity (Wildman–Crippen MR) is 205 cm³/mol. The van der Waals surface area contributed by atoms with Crippen molar-refractivity contribution in [2.75, 3.05) is 44.3 Å². The van der Waals surface area contributed by atoms with Gasteiger partial charge < -0.3 is 20.9 Å².